The van der Waals surface area contributed by atoms with Crippen LogP contribution in [-0.4, -0.2) is 45.6 Å². The van der Waals surface area contributed by atoms with Crippen molar-refractivity contribution in [2.45, 2.75) is 18.9 Å². The van der Waals surface area contributed by atoms with Crippen molar-refractivity contribution >= 4 is 29.0 Å². The highest BCUT2D eigenvalue weighted by Gasteiger charge is 2.33. The second-order valence-electron chi connectivity index (χ2n) is 6.98. The number of imidazole rings is 1. The number of hydrogen-bond acceptors (Lipinski definition) is 4. The lowest BCUT2D eigenvalue weighted by Crippen LogP contribution is -2.51. The first-order valence-corrected chi connectivity index (χ1v) is 9.43. The predicted octanol–water partition coefficient (Wildman–Crippen LogP) is 3.10. The van der Waals surface area contributed by atoms with Crippen molar-refractivity contribution in [3.05, 3.63) is 59.9 Å². The fourth-order valence-electron chi connectivity index (χ4n) is 3.51. The smallest absolute Gasteiger partial charge is 0.410 e. The highest BCUT2D eigenvalue weighted by atomic mass is 19.1. The average Bonchev–Trinajstić information content (AvgIpc) is 3.02. The molecule has 0 spiro atoms. The molecule has 0 saturated carbocycles. The van der Waals surface area contributed by atoms with Gasteiger partial charge in [0.25, 0.3) is 0 Å². The molecule has 2 heterocycles. The molecule has 1 aromatic heterocycles. The number of nitrogens with one attached hydrogen (secondary N) is 1. The number of anilines is 1. The quantitative estimate of drug-likeness (QED) is 0.719. The summed E-state index contributed by atoms with van der Waals surface area (Å²) in [6.07, 6.45) is 0.510. The lowest BCUT2D eigenvalue weighted by atomic mass is 10.0. The zero-order valence-electron chi connectivity index (χ0n) is 16.0. The molecule has 0 unspecified atom stereocenters. The molecule has 29 heavy (non-hydrogen) atoms. The van der Waals surface area contributed by atoms with Crippen molar-refractivity contribution in [1.82, 2.24) is 14.5 Å². The Morgan fingerprint density at radius 1 is 1.28 bits per heavy atom. The van der Waals surface area contributed by atoms with Crippen LogP contribution in [0, 0.1) is 5.82 Å². The van der Waals surface area contributed by atoms with Crippen LogP contribution in [0.4, 0.5) is 15.1 Å². The topological polar surface area (TPSA) is 76.5 Å². The number of benzene rings is 2. The molecule has 0 radical (unpaired) electrons. The molecule has 1 fully saturated rings. The van der Waals surface area contributed by atoms with Crippen LogP contribution in [0.25, 0.3) is 11.0 Å². The van der Waals surface area contributed by atoms with Crippen molar-refractivity contribution < 1.29 is 18.7 Å². The SMILES string of the molecule is Cn1c(NC(=O)[C@@H](Cc2ccccc2)N2CCCOC2=O)nc2cc(F)ccc21. The fourth-order valence-corrected chi connectivity index (χ4v) is 3.51. The average molecular weight is 396 g/mol. The number of ether oxygens (including phenoxy) is 1. The number of halogens is 1. The molecular formula is C21H21FN4O3. The minimum Gasteiger partial charge on any atom is -0.449 e. The Hall–Kier alpha value is -3.42. The van der Waals surface area contributed by atoms with Gasteiger partial charge in [0.2, 0.25) is 11.9 Å². The summed E-state index contributed by atoms with van der Waals surface area (Å²) in [6.45, 7) is 0.794. The summed E-state index contributed by atoms with van der Waals surface area (Å²) in [4.78, 5) is 31.2. The van der Waals surface area contributed by atoms with Gasteiger partial charge in [-0.05, 0) is 24.1 Å². The van der Waals surface area contributed by atoms with E-state index in [1.165, 1.54) is 17.0 Å². The largest absolute Gasteiger partial charge is 0.449 e. The van der Waals surface area contributed by atoms with Crippen LogP contribution in [0.2, 0.25) is 0 Å². The summed E-state index contributed by atoms with van der Waals surface area (Å²) < 4.78 is 20.3. The molecule has 0 bridgehead atoms. The number of fused-ring (bicyclic) bond motifs is 1. The number of aromatic nitrogens is 2. The standard InChI is InChI=1S/C21H21FN4O3/c1-25-17-9-8-15(22)13-16(17)23-20(25)24-19(27)18(12-14-6-3-2-4-7-14)26-10-5-11-29-21(26)28/h2-4,6-9,13,18H,5,10-12H2,1H3,(H,23,24,27)/t18-/m1/s1. The predicted molar refractivity (Wildman–Crippen MR) is 106 cm³/mol. The van der Waals surface area contributed by atoms with Crippen LogP contribution in [0.3, 0.4) is 0 Å². The van der Waals surface area contributed by atoms with Gasteiger partial charge in [-0.15, -0.1) is 0 Å². The minimum atomic E-state index is -0.748. The zero-order valence-corrected chi connectivity index (χ0v) is 16.0. The van der Waals surface area contributed by atoms with Gasteiger partial charge in [0.15, 0.2) is 0 Å². The lowest BCUT2D eigenvalue weighted by Gasteiger charge is -2.33. The van der Waals surface area contributed by atoms with Gasteiger partial charge >= 0.3 is 6.09 Å². The Labute approximate surface area is 167 Å². The molecule has 1 aliphatic rings. The Bertz CT molecular complexity index is 1050. The van der Waals surface area contributed by atoms with Crippen LogP contribution in [0.5, 0.6) is 0 Å². The third-order valence-electron chi connectivity index (χ3n) is 5.03. The van der Waals surface area contributed by atoms with Crippen molar-refractivity contribution in [2.24, 2.45) is 7.05 Å². The molecule has 2 aromatic carbocycles. The van der Waals surface area contributed by atoms with Gasteiger partial charge in [0, 0.05) is 26.1 Å². The Balaban J connectivity index is 1.62. The molecule has 8 heteroatoms. The fraction of sp³-hybridized carbons (Fsp3) is 0.286. The first-order chi connectivity index (χ1) is 14.0. The third kappa shape index (κ3) is 3.91. The van der Waals surface area contributed by atoms with E-state index in [2.05, 4.69) is 10.3 Å². The maximum atomic E-state index is 13.5. The molecule has 1 saturated heterocycles. The van der Waals surface area contributed by atoms with Gasteiger partial charge in [-0.25, -0.2) is 14.2 Å². The molecule has 2 amide bonds. The first kappa shape index (κ1) is 18.9. The normalized spacial score (nSPS) is 15.2. The van der Waals surface area contributed by atoms with Gasteiger partial charge in [0.1, 0.15) is 11.9 Å². The molecule has 150 valence electrons. The summed E-state index contributed by atoms with van der Waals surface area (Å²) in [5.41, 5.74) is 2.07. The van der Waals surface area contributed by atoms with E-state index in [-0.39, 0.29) is 5.91 Å². The molecule has 1 atom stereocenters. The number of carbonyl (C=O) groups excluding carboxylic acids is 2. The maximum absolute atomic E-state index is 13.5. The maximum Gasteiger partial charge on any atom is 0.410 e. The van der Waals surface area contributed by atoms with Gasteiger partial charge in [0.05, 0.1) is 17.6 Å². The van der Waals surface area contributed by atoms with Crippen molar-refractivity contribution in [3.8, 4) is 0 Å². The number of rotatable bonds is 5. The van der Waals surface area contributed by atoms with Crippen LogP contribution in [0.1, 0.15) is 12.0 Å². The zero-order chi connectivity index (χ0) is 20.4. The van der Waals surface area contributed by atoms with Gasteiger partial charge in [-0.1, -0.05) is 30.3 Å². The van der Waals surface area contributed by atoms with E-state index in [1.807, 2.05) is 30.3 Å². The van der Waals surface area contributed by atoms with E-state index < -0.39 is 18.0 Å². The van der Waals surface area contributed by atoms with Gasteiger partial charge < -0.3 is 9.30 Å². The van der Waals surface area contributed by atoms with E-state index in [4.69, 9.17) is 4.74 Å². The highest BCUT2D eigenvalue weighted by molar-refractivity contribution is 5.97. The summed E-state index contributed by atoms with van der Waals surface area (Å²) in [5, 5.41) is 2.80. The number of cyclic esters (lactones) is 1. The van der Waals surface area contributed by atoms with E-state index in [0.717, 1.165) is 5.56 Å². The van der Waals surface area contributed by atoms with Crippen molar-refractivity contribution in [1.29, 1.82) is 0 Å². The number of amides is 2. The number of aryl methyl sites for hydroxylation is 1. The Morgan fingerprint density at radius 2 is 2.07 bits per heavy atom. The van der Waals surface area contributed by atoms with Crippen LogP contribution in [0.15, 0.2) is 48.5 Å². The Morgan fingerprint density at radius 3 is 2.83 bits per heavy atom. The summed E-state index contributed by atoms with van der Waals surface area (Å²) >= 11 is 0. The lowest BCUT2D eigenvalue weighted by molar-refractivity contribution is -0.121. The summed E-state index contributed by atoms with van der Waals surface area (Å²) in [5.74, 6) is -0.475. The first-order valence-electron chi connectivity index (χ1n) is 9.43. The number of carbonyl (C=O) groups is 2. The van der Waals surface area contributed by atoms with Crippen LogP contribution in [-0.2, 0) is 23.0 Å². The van der Waals surface area contributed by atoms with E-state index in [9.17, 15) is 14.0 Å². The molecule has 4 rings (SSSR count). The number of hydrogen-bond donors (Lipinski definition) is 1. The van der Waals surface area contributed by atoms with Crippen molar-refractivity contribution in [3.63, 3.8) is 0 Å². The van der Waals surface area contributed by atoms with Crippen LogP contribution >= 0.6 is 0 Å². The van der Waals surface area contributed by atoms with E-state index in [0.29, 0.717) is 43.0 Å². The highest BCUT2D eigenvalue weighted by Crippen LogP contribution is 2.21. The second kappa shape index (κ2) is 7.90. The van der Waals surface area contributed by atoms with Gasteiger partial charge in [-0.2, -0.15) is 0 Å². The summed E-state index contributed by atoms with van der Waals surface area (Å²) in [7, 11) is 1.74. The van der Waals surface area contributed by atoms with E-state index in [1.54, 1.807) is 17.7 Å². The van der Waals surface area contributed by atoms with Crippen LogP contribution < -0.4 is 5.32 Å². The Kier molecular flexibility index (Phi) is 5.16. The molecule has 0 aliphatic carbocycles. The molecule has 3 aromatic rings. The van der Waals surface area contributed by atoms with Crippen molar-refractivity contribution in [2.75, 3.05) is 18.5 Å². The second-order valence-corrected chi connectivity index (χ2v) is 6.98. The minimum absolute atomic E-state index is 0.291. The molecule has 1 aliphatic heterocycles. The molecular weight excluding hydrogens is 375 g/mol. The molecule has 1 N–H and O–H groups in total. The summed E-state index contributed by atoms with van der Waals surface area (Å²) in [6, 6.07) is 13.0. The van der Waals surface area contributed by atoms with E-state index >= 15 is 0 Å². The number of nitrogens with zero attached hydrogens (tertiary/aromatic N) is 3. The monoisotopic (exact) mass is 396 g/mol. The third-order valence-corrected chi connectivity index (χ3v) is 5.03. The molecule has 7 nitrogen and oxygen atoms in total. The van der Waals surface area contributed by atoms with Gasteiger partial charge in [-0.3, -0.25) is 15.0 Å².